The molecule has 0 saturated carbocycles. The molecular formula is C13H24N4O3S. The Labute approximate surface area is 126 Å². The summed E-state index contributed by atoms with van der Waals surface area (Å²) in [6, 6.07) is 0. The van der Waals surface area contributed by atoms with Crippen molar-refractivity contribution >= 4 is 10.2 Å². The lowest BCUT2D eigenvalue weighted by atomic mass is 10.0. The first kappa shape index (κ1) is 16.4. The number of nitrogens with zero attached hydrogens (tertiary/aromatic N) is 3. The van der Waals surface area contributed by atoms with E-state index in [1.54, 1.807) is 19.6 Å². The molecule has 0 amide bonds. The highest BCUT2D eigenvalue weighted by atomic mass is 32.2. The van der Waals surface area contributed by atoms with Crippen LogP contribution in [-0.2, 0) is 21.5 Å². The lowest BCUT2D eigenvalue weighted by molar-refractivity contribution is 0.118. The van der Waals surface area contributed by atoms with E-state index in [2.05, 4.69) is 9.71 Å². The van der Waals surface area contributed by atoms with Crippen LogP contribution in [0.5, 0.6) is 0 Å². The first-order chi connectivity index (χ1) is 10.1. The van der Waals surface area contributed by atoms with Gasteiger partial charge in [-0.05, 0) is 25.2 Å². The fourth-order valence-electron chi connectivity index (χ4n) is 2.59. The second kappa shape index (κ2) is 7.88. The quantitative estimate of drug-likeness (QED) is 0.707. The van der Waals surface area contributed by atoms with E-state index >= 15 is 0 Å². The Morgan fingerprint density at radius 2 is 2.33 bits per heavy atom. The lowest BCUT2D eigenvalue weighted by Crippen LogP contribution is -2.47. The van der Waals surface area contributed by atoms with Crippen molar-refractivity contribution < 1.29 is 13.2 Å². The van der Waals surface area contributed by atoms with Gasteiger partial charge in [-0.2, -0.15) is 12.7 Å². The number of aryl methyl sites for hydroxylation is 1. The average molecular weight is 316 g/mol. The van der Waals surface area contributed by atoms with Gasteiger partial charge >= 0.3 is 0 Å². The molecule has 1 aromatic heterocycles. The fraction of sp³-hybridized carbons (Fsp3) is 0.769. The van der Waals surface area contributed by atoms with Crippen molar-refractivity contribution in [2.24, 2.45) is 5.92 Å². The van der Waals surface area contributed by atoms with Crippen LogP contribution in [0.2, 0.25) is 0 Å². The minimum absolute atomic E-state index is 0.297. The molecule has 1 fully saturated rings. The molecule has 1 aliphatic heterocycles. The van der Waals surface area contributed by atoms with Gasteiger partial charge in [-0.1, -0.05) is 0 Å². The maximum Gasteiger partial charge on any atom is 0.279 e. The number of nitrogens with one attached hydrogen (secondary N) is 1. The summed E-state index contributed by atoms with van der Waals surface area (Å²) >= 11 is 0. The number of piperidine rings is 1. The zero-order valence-corrected chi connectivity index (χ0v) is 13.3. The number of ether oxygens (including phenoxy) is 1. The number of methoxy groups -OCH3 is 1. The molecule has 120 valence electrons. The SMILES string of the molecule is COCC1CCCN(S(=O)(=O)NCCCn2ccnc2)C1. The zero-order valence-electron chi connectivity index (χ0n) is 12.4. The third kappa shape index (κ3) is 5.06. The molecule has 1 aromatic rings. The predicted octanol–water partition coefficient (Wildman–Crippen LogP) is 0.466. The molecule has 1 aliphatic rings. The summed E-state index contributed by atoms with van der Waals surface area (Å²) < 4.78 is 35.8. The van der Waals surface area contributed by atoms with E-state index in [1.165, 1.54) is 4.31 Å². The number of rotatable bonds is 8. The molecule has 1 atom stereocenters. The highest BCUT2D eigenvalue weighted by molar-refractivity contribution is 7.87. The Kier molecular flexibility index (Phi) is 6.16. The van der Waals surface area contributed by atoms with Crippen LogP contribution in [0.4, 0.5) is 0 Å². The maximum atomic E-state index is 12.3. The van der Waals surface area contributed by atoms with Crippen LogP contribution in [0, 0.1) is 5.92 Å². The summed E-state index contributed by atoms with van der Waals surface area (Å²) in [5.74, 6) is 0.297. The van der Waals surface area contributed by atoms with Crippen LogP contribution in [0.1, 0.15) is 19.3 Å². The molecule has 1 saturated heterocycles. The van der Waals surface area contributed by atoms with Gasteiger partial charge in [0, 0.05) is 45.7 Å². The zero-order chi connectivity index (χ0) is 15.1. The first-order valence-electron chi connectivity index (χ1n) is 7.31. The van der Waals surface area contributed by atoms with E-state index in [1.807, 2.05) is 10.8 Å². The molecule has 7 nitrogen and oxygen atoms in total. The Bertz CT molecular complexity index is 501. The molecule has 2 rings (SSSR count). The maximum absolute atomic E-state index is 12.3. The highest BCUT2D eigenvalue weighted by Gasteiger charge is 2.28. The summed E-state index contributed by atoms with van der Waals surface area (Å²) in [4.78, 5) is 3.95. The van der Waals surface area contributed by atoms with E-state index in [0.717, 1.165) is 25.8 Å². The Morgan fingerprint density at radius 3 is 3.05 bits per heavy atom. The van der Waals surface area contributed by atoms with Crippen LogP contribution in [0.15, 0.2) is 18.7 Å². The van der Waals surface area contributed by atoms with Crippen LogP contribution in [-0.4, -0.2) is 55.6 Å². The fourth-order valence-corrected chi connectivity index (χ4v) is 3.95. The van der Waals surface area contributed by atoms with Crippen molar-refractivity contribution in [2.75, 3.05) is 33.4 Å². The summed E-state index contributed by atoms with van der Waals surface area (Å²) in [5.41, 5.74) is 0. The summed E-state index contributed by atoms with van der Waals surface area (Å²) in [7, 11) is -1.72. The molecular weight excluding hydrogens is 292 g/mol. The molecule has 0 aliphatic carbocycles. The minimum atomic E-state index is -3.37. The molecule has 1 N–H and O–H groups in total. The van der Waals surface area contributed by atoms with Crippen molar-refractivity contribution in [3.8, 4) is 0 Å². The van der Waals surface area contributed by atoms with E-state index in [-0.39, 0.29) is 0 Å². The Hall–Kier alpha value is -0.960. The molecule has 0 bridgehead atoms. The van der Waals surface area contributed by atoms with Gasteiger partial charge in [-0.15, -0.1) is 0 Å². The number of hydrogen-bond acceptors (Lipinski definition) is 4. The molecule has 2 heterocycles. The van der Waals surface area contributed by atoms with Gasteiger partial charge in [-0.3, -0.25) is 0 Å². The largest absolute Gasteiger partial charge is 0.384 e. The van der Waals surface area contributed by atoms with Gasteiger partial charge in [-0.25, -0.2) is 9.71 Å². The van der Waals surface area contributed by atoms with Crippen LogP contribution in [0.3, 0.4) is 0 Å². The predicted molar refractivity (Wildman–Crippen MR) is 79.9 cm³/mol. The van der Waals surface area contributed by atoms with Crippen LogP contribution < -0.4 is 4.72 Å². The van der Waals surface area contributed by atoms with Gasteiger partial charge in [0.2, 0.25) is 0 Å². The van der Waals surface area contributed by atoms with E-state index in [9.17, 15) is 8.42 Å². The minimum Gasteiger partial charge on any atom is -0.384 e. The second-order valence-corrected chi connectivity index (χ2v) is 7.13. The molecule has 21 heavy (non-hydrogen) atoms. The second-order valence-electron chi connectivity index (χ2n) is 5.38. The summed E-state index contributed by atoms with van der Waals surface area (Å²) in [5, 5.41) is 0. The van der Waals surface area contributed by atoms with Crippen LogP contribution in [0.25, 0.3) is 0 Å². The standard InChI is InChI=1S/C13H24N4O3S/c1-20-11-13-4-2-8-17(10-13)21(18,19)15-5-3-7-16-9-6-14-12-16/h6,9,12-13,15H,2-5,7-8,10-11H2,1H3. The van der Waals surface area contributed by atoms with Crippen molar-refractivity contribution in [3.63, 3.8) is 0 Å². The first-order valence-corrected chi connectivity index (χ1v) is 8.75. The lowest BCUT2D eigenvalue weighted by Gasteiger charge is -2.31. The molecule has 0 spiro atoms. The number of hydrogen-bond donors (Lipinski definition) is 1. The van der Waals surface area contributed by atoms with Gasteiger partial charge in [0.25, 0.3) is 10.2 Å². The third-order valence-corrected chi connectivity index (χ3v) is 5.24. The Morgan fingerprint density at radius 1 is 1.48 bits per heavy atom. The van der Waals surface area contributed by atoms with E-state index < -0.39 is 10.2 Å². The Balaban J connectivity index is 1.75. The van der Waals surface area contributed by atoms with Gasteiger partial charge < -0.3 is 9.30 Å². The van der Waals surface area contributed by atoms with Crippen molar-refractivity contribution in [2.45, 2.75) is 25.8 Å². The van der Waals surface area contributed by atoms with Gasteiger partial charge in [0.05, 0.1) is 12.9 Å². The molecule has 0 radical (unpaired) electrons. The normalized spacial score (nSPS) is 20.7. The monoisotopic (exact) mass is 316 g/mol. The molecule has 0 aromatic carbocycles. The van der Waals surface area contributed by atoms with Gasteiger partial charge in [0.15, 0.2) is 0 Å². The van der Waals surface area contributed by atoms with Gasteiger partial charge in [0.1, 0.15) is 0 Å². The number of aromatic nitrogens is 2. The highest BCUT2D eigenvalue weighted by Crippen LogP contribution is 2.18. The smallest absolute Gasteiger partial charge is 0.279 e. The number of imidazole rings is 1. The summed E-state index contributed by atoms with van der Waals surface area (Å²) in [6.45, 7) is 2.95. The average Bonchev–Trinajstić information content (AvgIpc) is 2.98. The van der Waals surface area contributed by atoms with E-state index in [4.69, 9.17) is 4.74 Å². The third-order valence-electron chi connectivity index (χ3n) is 3.66. The van der Waals surface area contributed by atoms with Crippen molar-refractivity contribution in [1.29, 1.82) is 0 Å². The molecule has 1 unspecified atom stereocenters. The van der Waals surface area contributed by atoms with Crippen molar-refractivity contribution in [3.05, 3.63) is 18.7 Å². The summed E-state index contributed by atoms with van der Waals surface area (Å²) in [6.07, 6.45) is 7.98. The van der Waals surface area contributed by atoms with Crippen LogP contribution >= 0.6 is 0 Å². The van der Waals surface area contributed by atoms with Crippen molar-refractivity contribution in [1.82, 2.24) is 18.6 Å². The molecule has 8 heteroatoms. The topological polar surface area (TPSA) is 76.5 Å². The van der Waals surface area contributed by atoms with E-state index in [0.29, 0.717) is 32.2 Å².